The maximum atomic E-state index is 11.3. The van der Waals surface area contributed by atoms with Gasteiger partial charge in [0.2, 0.25) is 0 Å². The lowest BCUT2D eigenvalue weighted by Crippen LogP contribution is -2.19. The summed E-state index contributed by atoms with van der Waals surface area (Å²) in [4.78, 5) is 23.7. The van der Waals surface area contributed by atoms with Gasteiger partial charge in [0.1, 0.15) is 0 Å². The molecule has 0 saturated carbocycles. The highest BCUT2D eigenvalue weighted by Gasteiger charge is 2.09. The van der Waals surface area contributed by atoms with Gasteiger partial charge in [-0.15, -0.1) is 0 Å². The molecule has 6 heteroatoms. The van der Waals surface area contributed by atoms with E-state index in [1.807, 2.05) is 12.1 Å². The molecule has 0 spiro atoms. The van der Waals surface area contributed by atoms with E-state index in [9.17, 15) is 9.59 Å². The maximum absolute atomic E-state index is 11.3. The zero-order valence-corrected chi connectivity index (χ0v) is 11.0. The SMILES string of the molecule is CN(Cc1ccc2oc(=O)n(C)c2c1)C(=O)Br. The first-order valence-electron chi connectivity index (χ1n) is 4.98. The van der Waals surface area contributed by atoms with Gasteiger partial charge in [-0.05, 0) is 17.7 Å². The number of aromatic nitrogens is 1. The molecule has 0 aliphatic carbocycles. The highest BCUT2D eigenvalue weighted by molar-refractivity contribution is 9.18. The van der Waals surface area contributed by atoms with Crippen LogP contribution >= 0.6 is 15.9 Å². The predicted molar refractivity (Wildman–Crippen MR) is 67.2 cm³/mol. The molecule has 2 aromatic rings. The van der Waals surface area contributed by atoms with Crippen molar-refractivity contribution in [3.63, 3.8) is 0 Å². The summed E-state index contributed by atoms with van der Waals surface area (Å²) in [6, 6.07) is 5.41. The van der Waals surface area contributed by atoms with Crippen LogP contribution in [0.2, 0.25) is 0 Å². The fourth-order valence-electron chi connectivity index (χ4n) is 1.61. The van der Waals surface area contributed by atoms with E-state index in [-0.39, 0.29) is 10.6 Å². The molecule has 2 rings (SSSR count). The molecule has 0 N–H and O–H groups in total. The van der Waals surface area contributed by atoms with Gasteiger partial charge in [0.15, 0.2) is 5.58 Å². The van der Waals surface area contributed by atoms with Crippen LogP contribution in [-0.2, 0) is 13.6 Å². The van der Waals surface area contributed by atoms with Crippen molar-refractivity contribution in [3.05, 3.63) is 34.3 Å². The molecule has 1 heterocycles. The number of hydrogen-bond acceptors (Lipinski definition) is 3. The monoisotopic (exact) mass is 298 g/mol. The van der Waals surface area contributed by atoms with Crippen molar-refractivity contribution in [3.8, 4) is 0 Å². The molecular weight excluding hydrogens is 288 g/mol. The van der Waals surface area contributed by atoms with Gasteiger partial charge in [-0.25, -0.2) is 4.79 Å². The molecule has 0 saturated heterocycles. The average molecular weight is 299 g/mol. The number of halogens is 1. The lowest BCUT2D eigenvalue weighted by atomic mass is 10.2. The van der Waals surface area contributed by atoms with Crippen LogP contribution in [0.1, 0.15) is 5.56 Å². The molecule has 0 unspecified atom stereocenters. The minimum absolute atomic E-state index is 0.182. The number of oxazole rings is 1. The van der Waals surface area contributed by atoms with Gasteiger partial charge in [0, 0.05) is 36.6 Å². The Labute approximate surface area is 106 Å². The van der Waals surface area contributed by atoms with Crippen LogP contribution < -0.4 is 5.76 Å². The van der Waals surface area contributed by atoms with Crippen LogP contribution in [0.15, 0.2) is 27.4 Å². The van der Waals surface area contributed by atoms with Crippen molar-refractivity contribution >= 4 is 31.8 Å². The number of benzene rings is 1. The van der Waals surface area contributed by atoms with Gasteiger partial charge >= 0.3 is 5.76 Å². The lowest BCUT2D eigenvalue weighted by molar-refractivity contribution is 0.233. The summed E-state index contributed by atoms with van der Waals surface area (Å²) in [5, 5.41) is 0. The van der Waals surface area contributed by atoms with Crippen LogP contribution in [-0.4, -0.2) is 21.3 Å². The second-order valence-electron chi connectivity index (χ2n) is 3.84. The van der Waals surface area contributed by atoms with Crippen LogP contribution in [0.3, 0.4) is 0 Å². The Morgan fingerprint density at radius 3 is 2.88 bits per heavy atom. The van der Waals surface area contributed by atoms with Crippen molar-refractivity contribution < 1.29 is 9.21 Å². The molecule has 1 amide bonds. The highest BCUT2D eigenvalue weighted by atomic mass is 79.9. The zero-order chi connectivity index (χ0) is 12.6. The Hall–Kier alpha value is -1.56. The number of amides is 1. The van der Waals surface area contributed by atoms with Crippen LogP contribution in [0, 0.1) is 0 Å². The molecule has 0 fully saturated rings. The molecule has 0 radical (unpaired) electrons. The Morgan fingerprint density at radius 1 is 1.53 bits per heavy atom. The van der Waals surface area contributed by atoms with Crippen LogP contribution in [0.5, 0.6) is 0 Å². The fourth-order valence-corrected chi connectivity index (χ4v) is 1.73. The molecular formula is C11H11BrN2O3. The quantitative estimate of drug-likeness (QED) is 0.630. The van der Waals surface area contributed by atoms with Crippen LogP contribution in [0.4, 0.5) is 4.79 Å². The molecule has 0 atom stereocenters. The second-order valence-corrected chi connectivity index (χ2v) is 4.52. The summed E-state index contributed by atoms with van der Waals surface area (Å²) in [6.07, 6.45) is 0. The molecule has 90 valence electrons. The maximum Gasteiger partial charge on any atom is 0.419 e. The second kappa shape index (κ2) is 4.37. The summed E-state index contributed by atoms with van der Waals surface area (Å²) in [7, 11) is 3.34. The third kappa shape index (κ3) is 2.26. The van der Waals surface area contributed by atoms with Crippen molar-refractivity contribution in [2.24, 2.45) is 7.05 Å². The summed E-state index contributed by atoms with van der Waals surface area (Å²) in [5.74, 6) is -0.387. The Balaban J connectivity index is 2.40. The van der Waals surface area contributed by atoms with Crippen LogP contribution in [0.25, 0.3) is 11.1 Å². The van der Waals surface area contributed by atoms with Gasteiger partial charge in [0.05, 0.1) is 5.52 Å². The first kappa shape index (κ1) is 11.9. The van der Waals surface area contributed by atoms with Gasteiger partial charge in [-0.2, -0.15) is 0 Å². The smallest absolute Gasteiger partial charge is 0.408 e. The molecule has 0 aliphatic rings. The lowest BCUT2D eigenvalue weighted by Gasteiger charge is -2.13. The topological polar surface area (TPSA) is 55.5 Å². The van der Waals surface area contributed by atoms with E-state index in [4.69, 9.17) is 4.42 Å². The molecule has 0 aliphatic heterocycles. The van der Waals surface area contributed by atoms with Crippen molar-refractivity contribution in [2.45, 2.75) is 6.54 Å². The normalized spacial score (nSPS) is 10.8. The number of carbonyl (C=O) groups is 1. The van der Waals surface area contributed by atoms with E-state index >= 15 is 0 Å². The number of aryl methyl sites for hydroxylation is 1. The Kier molecular flexibility index (Phi) is 3.06. The van der Waals surface area contributed by atoms with Gasteiger partial charge in [-0.1, -0.05) is 6.07 Å². The largest absolute Gasteiger partial charge is 0.419 e. The minimum atomic E-state index is -0.387. The van der Waals surface area contributed by atoms with E-state index in [1.165, 1.54) is 9.47 Å². The van der Waals surface area contributed by atoms with E-state index in [1.54, 1.807) is 20.2 Å². The molecule has 1 aromatic carbocycles. The molecule has 1 aromatic heterocycles. The fraction of sp³-hybridized carbons (Fsp3) is 0.273. The third-order valence-corrected chi connectivity index (χ3v) is 3.18. The zero-order valence-electron chi connectivity index (χ0n) is 9.44. The van der Waals surface area contributed by atoms with Gasteiger partial charge < -0.3 is 9.32 Å². The van der Waals surface area contributed by atoms with E-state index in [2.05, 4.69) is 15.9 Å². The van der Waals surface area contributed by atoms with Gasteiger partial charge in [0.25, 0.3) is 4.82 Å². The first-order valence-corrected chi connectivity index (χ1v) is 5.77. The Morgan fingerprint density at radius 2 is 2.24 bits per heavy atom. The average Bonchev–Trinajstić information content (AvgIpc) is 2.55. The molecule has 17 heavy (non-hydrogen) atoms. The predicted octanol–water partition coefficient (Wildman–Crippen LogP) is 2.08. The van der Waals surface area contributed by atoms with Crippen molar-refractivity contribution in [1.82, 2.24) is 9.47 Å². The number of fused-ring (bicyclic) bond motifs is 1. The number of hydrogen-bond donors (Lipinski definition) is 0. The number of nitrogens with zero attached hydrogens (tertiary/aromatic N) is 2. The molecule has 0 bridgehead atoms. The van der Waals surface area contributed by atoms with Crippen molar-refractivity contribution in [2.75, 3.05) is 7.05 Å². The van der Waals surface area contributed by atoms with E-state index in [0.717, 1.165) is 11.1 Å². The number of carbonyl (C=O) groups excluding carboxylic acids is 1. The minimum Gasteiger partial charge on any atom is -0.408 e. The summed E-state index contributed by atoms with van der Waals surface area (Å²) >= 11 is 2.88. The number of rotatable bonds is 2. The molecule has 5 nitrogen and oxygen atoms in total. The van der Waals surface area contributed by atoms with E-state index < -0.39 is 0 Å². The van der Waals surface area contributed by atoms with Gasteiger partial charge in [-0.3, -0.25) is 9.36 Å². The van der Waals surface area contributed by atoms with E-state index in [0.29, 0.717) is 12.1 Å². The first-order chi connectivity index (χ1) is 7.99. The highest BCUT2D eigenvalue weighted by Crippen LogP contribution is 2.15. The standard InChI is InChI=1S/C11H11BrN2O3/c1-13(10(12)15)6-7-3-4-9-8(5-7)14(2)11(16)17-9/h3-5H,6H2,1-2H3. The summed E-state index contributed by atoms with van der Waals surface area (Å²) < 4.78 is 6.46. The third-order valence-electron chi connectivity index (χ3n) is 2.58. The summed E-state index contributed by atoms with van der Waals surface area (Å²) in [5.41, 5.74) is 2.21. The summed E-state index contributed by atoms with van der Waals surface area (Å²) in [6.45, 7) is 0.472. The van der Waals surface area contributed by atoms with Crippen molar-refractivity contribution in [1.29, 1.82) is 0 Å². The Bertz CT molecular complexity index is 629.